The van der Waals surface area contributed by atoms with E-state index in [0.29, 0.717) is 0 Å². The fraction of sp³-hybridized carbons (Fsp3) is 0.267. The molecule has 3 nitrogen and oxygen atoms in total. The molecule has 0 fully saturated rings. The average molecular weight is 276 g/mol. The van der Waals surface area contributed by atoms with Gasteiger partial charge < -0.3 is 10.6 Å². The standard InChI is InChI=1S/C15H18ClN3/c1-3-7-17-15-10-13(6-8-18-15)19-12-5-4-11(2)14(16)9-12/h4-6,8-10H,3,7H2,1-2H3,(H2,17,18,19). The molecule has 1 heterocycles. The van der Waals surface area contributed by atoms with Gasteiger partial charge in [0.25, 0.3) is 0 Å². The van der Waals surface area contributed by atoms with Crippen LogP contribution in [0.5, 0.6) is 0 Å². The molecule has 4 heteroatoms. The number of hydrogen-bond donors (Lipinski definition) is 2. The van der Waals surface area contributed by atoms with Crippen molar-refractivity contribution in [2.75, 3.05) is 17.2 Å². The van der Waals surface area contributed by atoms with Gasteiger partial charge in [-0.2, -0.15) is 0 Å². The van der Waals surface area contributed by atoms with E-state index in [1.165, 1.54) is 0 Å². The van der Waals surface area contributed by atoms with E-state index >= 15 is 0 Å². The quantitative estimate of drug-likeness (QED) is 0.837. The number of hydrogen-bond acceptors (Lipinski definition) is 3. The van der Waals surface area contributed by atoms with E-state index in [-0.39, 0.29) is 0 Å². The van der Waals surface area contributed by atoms with Crippen LogP contribution in [0.1, 0.15) is 18.9 Å². The van der Waals surface area contributed by atoms with Crippen molar-refractivity contribution in [1.29, 1.82) is 0 Å². The summed E-state index contributed by atoms with van der Waals surface area (Å²) in [6.07, 6.45) is 2.86. The zero-order valence-corrected chi connectivity index (χ0v) is 12.0. The highest BCUT2D eigenvalue weighted by Gasteiger charge is 2.00. The van der Waals surface area contributed by atoms with Crippen molar-refractivity contribution in [2.45, 2.75) is 20.3 Å². The van der Waals surface area contributed by atoms with Crippen molar-refractivity contribution < 1.29 is 0 Å². The number of aryl methyl sites for hydroxylation is 1. The summed E-state index contributed by atoms with van der Waals surface area (Å²) < 4.78 is 0. The minimum Gasteiger partial charge on any atom is -0.370 e. The van der Waals surface area contributed by atoms with Crippen LogP contribution >= 0.6 is 11.6 Å². The molecule has 100 valence electrons. The molecule has 1 aromatic carbocycles. The summed E-state index contributed by atoms with van der Waals surface area (Å²) in [6, 6.07) is 9.87. The highest BCUT2D eigenvalue weighted by molar-refractivity contribution is 6.31. The molecule has 0 amide bonds. The Labute approximate surface area is 119 Å². The Morgan fingerprint density at radius 1 is 1.16 bits per heavy atom. The van der Waals surface area contributed by atoms with Crippen molar-refractivity contribution in [1.82, 2.24) is 4.98 Å². The number of nitrogens with zero attached hydrogens (tertiary/aromatic N) is 1. The third-order valence-electron chi connectivity index (χ3n) is 2.78. The molecule has 0 spiro atoms. The first-order valence-electron chi connectivity index (χ1n) is 6.42. The molecule has 0 aliphatic heterocycles. The van der Waals surface area contributed by atoms with E-state index in [4.69, 9.17) is 11.6 Å². The lowest BCUT2D eigenvalue weighted by atomic mass is 10.2. The topological polar surface area (TPSA) is 37.0 Å². The van der Waals surface area contributed by atoms with Gasteiger partial charge in [-0.25, -0.2) is 4.98 Å². The highest BCUT2D eigenvalue weighted by atomic mass is 35.5. The van der Waals surface area contributed by atoms with Gasteiger partial charge in [0.2, 0.25) is 0 Å². The number of rotatable bonds is 5. The summed E-state index contributed by atoms with van der Waals surface area (Å²) in [4.78, 5) is 4.27. The molecule has 0 saturated carbocycles. The van der Waals surface area contributed by atoms with Crippen LogP contribution in [-0.2, 0) is 0 Å². The number of anilines is 3. The molecule has 0 bridgehead atoms. The van der Waals surface area contributed by atoms with Gasteiger partial charge in [0.05, 0.1) is 0 Å². The molecule has 2 rings (SSSR count). The number of benzene rings is 1. The normalized spacial score (nSPS) is 10.3. The van der Waals surface area contributed by atoms with Gasteiger partial charge in [-0.1, -0.05) is 24.6 Å². The summed E-state index contributed by atoms with van der Waals surface area (Å²) >= 11 is 6.12. The number of pyridine rings is 1. The molecule has 19 heavy (non-hydrogen) atoms. The van der Waals surface area contributed by atoms with Gasteiger partial charge in [0.15, 0.2) is 0 Å². The largest absolute Gasteiger partial charge is 0.370 e. The highest BCUT2D eigenvalue weighted by Crippen LogP contribution is 2.23. The number of nitrogens with one attached hydrogen (secondary N) is 2. The summed E-state index contributed by atoms with van der Waals surface area (Å²) in [5, 5.41) is 7.36. The molecule has 0 atom stereocenters. The van der Waals surface area contributed by atoms with Gasteiger partial charge >= 0.3 is 0 Å². The maximum atomic E-state index is 6.12. The van der Waals surface area contributed by atoms with Crippen LogP contribution in [0.15, 0.2) is 36.5 Å². The van der Waals surface area contributed by atoms with Crippen LogP contribution in [0.25, 0.3) is 0 Å². The monoisotopic (exact) mass is 275 g/mol. The Bertz CT molecular complexity index is 555. The first-order chi connectivity index (χ1) is 9.19. The fourth-order valence-electron chi connectivity index (χ4n) is 1.70. The number of halogens is 1. The Morgan fingerprint density at radius 3 is 2.68 bits per heavy atom. The lowest BCUT2D eigenvalue weighted by Crippen LogP contribution is -2.02. The third-order valence-corrected chi connectivity index (χ3v) is 3.18. The van der Waals surface area contributed by atoms with Gasteiger partial charge in [-0.05, 0) is 37.1 Å². The average Bonchev–Trinajstić information content (AvgIpc) is 2.41. The van der Waals surface area contributed by atoms with E-state index in [1.807, 2.05) is 37.3 Å². The van der Waals surface area contributed by atoms with Crippen molar-refractivity contribution in [3.8, 4) is 0 Å². The molecular weight excluding hydrogens is 258 g/mol. The maximum absolute atomic E-state index is 6.12. The van der Waals surface area contributed by atoms with Crippen molar-refractivity contribution in [2.24, 2.45) is 0 Å². The van der Waals surface area contributed by atoms with E-state index in [0.717, 1.165) is 40.7 Å². The first-order valence-corrected chi connectivity index (χ1v) is 6.80. The lowest BCUT2D eigenvalue weighted by Gasteiger charge is -2.10. The van der Waals surface area contributed by atoms with E-state index in [9.17, 15) is 0 Å². The second-order valence-electron chi connectivity index (χ2n) is 4.45. The molecule has 0 saturated heterocycles. The van der Waals surface area contributed by atoms with E-state index < -0.39 is 0 Å². The van der Waals surface area contributed by atoms with Crippen LogP contribution in [0.2, 0.25) is 5.02 Å². The van der Waals surface area contributed by atoms with Crippen LogP contribution in [0, 0.1) is 6.92 Å². The molecule has 2 N–H and O–H groups in total. The summed E-state index contributed by atoms with van der Waals surface area (Å²) in [7, 11) is 0. The first kappa shape index (κ1) is 13.7. The molecule has 0 unspecified atom stereocenters. The van der Waals surface area contributed by atoms with Crippen LogP contribution < -0.4 is 10.6 Å². The molecule has 0 radical (unpaired) electrons. The predicted octanol–water partition coefficient (Wildman–Crippen LogP) is 4.61. The van der Waals surface area contributed by atoms with Gasteiger partial charge in [0.1, 0.15) is 5.82 Å². The SMILES string of the molecule is CCCNc1cc(Nc2ccc(C)c(Cl)c2)ccn1. The Morgan fingerprint density at radius 2 is 1.95 bits per heavy atom. The van der Waals surface area contributed by atoms with Gasteiger partial charge in [-0.3, -0.25) is 0 Å². The lowest BCUT2D eigenvalue weighted by molar-refractivity contribution is 0.969. The molecule has 0 aliphatic carbocycles. The van der Waals surface area contributed by atoms with E-state index in [1.54, 1.807) is 6.20 Å². The van der Waals surface area contributed by atoms with Crippen molar-refractivity contribution in [3.63, 3.8) is 0 Å². The Kier molecular flexibility index (Phi) is 4.63. The zero-order chi connectivity index (χ0) is 13.7. The molecule has 1 aromatic heterocycles. The fourth-order valence-corrected chi connectivity index (χ4v) is 1.88. The van der Waals surface area contributed by atoms with Crippen molar-refractivity contribution >= 4 is 28.8 Å². The minimum absolute atomic E-state index is 0.767. The van der Waals surface area contributed by atoms with Crippen LogP contribution in [-0.4, -0.2) is 11.5 Å². The smallest absolute Gasteiger partial charge is 0.127 e. The Hall–Kier alpha value is -1.74. The van der Waals surface area contributed by atoms with Gasteiger partial charge in [0, 0.05) is 35.2 Å². The number of aromatic nitrogens is 1. The minimum atomic E-state index is 0.767. The van der Waals surface area contributed by atoms with E-state index in [2.05, 4.69) is 22.5 Å². The third kappa shape index (κ3) is 3.86. The van der Waals surface area contributed by atoms with Gasteiger partial charge in [-0.15, -0.1) is 0 Å². The molecular formula is C15H18ClN3. The second kappa shape index (κ2) is 6.43. The predicted molar refractivity (Wildman–Crippen MR) is 82.5 cm³/mol. The van der Waals surface area contributed by atoms with Crippen molar-refractivity contribution in [3.05, 3.63) is 47.1 Å². The molecule has 2 aromatic rings. The molecule has 0 aliphatic rings. The second-order valence-corrected chi connectivity index (χ2v) is 4.85. The Balaban J connectivity index is 2.11. The summed E-state index contributed by atoms with van der Waals surface area (Å²) in [5.41, 5.74) is 3.05. The summed E-state index contributed by atoms with van der Waals surface area (Å²) in [5.74, 6) is 0.880. The van der Waals surface area contributed by atoms with Crippen LogP contribution in [0.3, 0.4) is 0 Å². The zero-order valence-electron chi connectivity index (χ0n) is 11.2. The maximum Gasteiger partial charge on any atom is 0.127 e. The van der Waals surface area contributed by atoms with Crippen LogP contribution in [0.4, 0.5) is 17.2 Å². The summed E-state index contributed by atoms with van der Waals surface area (Å²) in [6.45, 7) is 5.04.